The van der Waals surface area contributed by atoms with Crippen molar-refractivity contribution in [3.63, 3.8) is 0 Å². The number of nitrogens with zero attached hydrogens (tertiary/aromatic N) is 4. The molecule has 7 aliphatic heterocycles. The Hall–Kier alpha value is -10.2. The van der Waals surface area contributed by atoms with E-state index in [1.165, 1.54) is 0 Å². The topological polar surface area (TPSA) is 88.5 Å². The number of rotatable bonds is 4. The molecule has 11 aromatic rings. The van der Waals surface area contributed by atoms with E-state index in [2.05, 4.69) is 166 Å². The fraction of sp³-hybridized carbons (Fsp3) is 0. The lowest BCUT2D eigenvalue weighted by molar-refractivity contribution is 0.421. The normalized spacial score (nSPS) is 11.6. The smallest absolute Gasteiger partial charge is 0.241 e. The van der Waals surface area contributed by atoms with E-state index in [0.717, 1.165) is 66.8 Å². The summed E-state index contributed by atoms with van der Waals surface area (Å²) in [6.07, 6.45) is 6.30. The monoisotopic (exact) mass is 958 g/mol. The first-order chi connectivity index (χ1) is 36.7. The summed E-state index contributed by atoms with van der Waals surface area (Å²) < 4.78 is 25.2. The van der Waals surface area contributed by atoms with Crippen LogP contribution in [-0.4, -0.2) is 19.9 Å². The summed E-state index contributed by atoms with van der Waals surface area (Å²) in [5.41, 5.74) is 12.4. The van der Waals surface area contributed by atoms with Crippen LogP contribution in [0, 0.1) is 0 Å². The van der Waals surface area contributed by atoms with E-state index in [1.54, 1.807) is 24.8 Å². The summed E-state index contributed by atoms with van der Waals surface area (Å²) in [4.78, 5) is 18.2. The molecule has 8 heteroatoms. The molecule has 0 fully saturated rings. The van der Waals surface area contributed by atoms with E-state index in [-0.39, 0.29) is 0 Å². The van der Waals surface area contributed by atoms with E-state index in [1.807, 2.05) is 109 Å². The summed E-state index contributed by atoms with van der Waals surface area (Å²) in [6.45, 7) is 0. The molecule has 354 valence electrons. The maximum absolute atomic E-state index is 6.31. The van der Waals surface area contributed by atoms with Gasteiger partial charge in [-0.3, -0.25) is 9.97 Å². The van der Waals surface area contributed by atoms with Crippen LogP contribution in [0.1, 0.15) is 44.5 Å². The van der Waals surface area contributed by atoms with Crippen LogP contribution in [0.15, 0.2) is 280 Å². The first kappa shape index (κ1) is 46.2. The van der Waals surface area contributed by atoms with Crippen LogP contribution in [0.25, 0.3) is 22.3 Å². The Morgan fingerprint density at radius 1 is 0.230 bits per heavy atom. The Balaban J connectivity index is 0.000000916. The highest BCUT2D eigenvalue weighted by molar-refractivity contribution is 6.05. The molecule has 0 saturated carbocycles. The molecule has 0 atom stereocenters. The molecule has 9 heterocycles. The minimum atomic E-state index is 0.295. The number of aromatic nitrogens is 4. The predicted molar refractivity (Wildman–Crippen MR) is 292 cm³/mol. The molecule has 18 rings (SSSR count). The number of hydrogen-bond acceptors (Lipinski definition) is 8. The highest BCUT2D eigenvalue weighted by Crippen LogP contribution is 2.41. The van der Waals surface area contributed by atoms with Gasteiger partial charge in [-0.25, -0.2) is 0 Å². The SMILES string of the molecule is c1ccc(C(=C2c3ccc(cc3)Oc3cncc(n3)Oc3ccc(cc3)C(=C(c3ccccc3)c3ccccc3)c3ccc(cc3)Oc3cncc(n3)Oc3ccc2cc3)c2ccccc2)cc1.c1ccccc1. The van der Waals surface area contributed by atoms with Crippen LogP contribution in [0.5, 0.6) is 46.5 Å². The van der Waals surface area contributed by atoms with Crippen molar-refractivity contribution in [2.24, 2.45) is 0 Å². The first-order valence-electron chi connectivity index (χ1n) is 24.1. The van der Waals surface area contributed by atoms with Gasteiger partial charge in [-0.2, -0.15) is 9.97 Å². The van der Waals surface area contributed by atoms with E-state index in [9.17, 15) is 0 Å². The Kier molecular flexibility index (Phi) is 13.9. The molecule has 0 unspecified atom stereocenters. The molecule has 2 aromatic heterocycles. The zero-order valence-corrected chi connectivity index (χ0v) is 40.0. The third-order valence-corrected chi connectivity index (χ3v) is 12.1. The molecule has 0 N–H and O–H groups in total. The van der Waals surface area contributed by atoms with Crippen molar-refractivity contribution in [2.45, 2.75) is 0 Å². The fourth-order valence-corrected chi connectivity index (χ4v) is 8.73. The minimum absolute atomic E-state index is 0.295. The summed E-state index contributed by atoms with van der Waals surface area (Å²) in [7, 11) is 0. The van der Waals surface area contributed by atoms with Crippen molar-refractivity contribution in [3.8, 4) is 46.5 Å². The average molecular weight is 959 g/mol. The van der Waals surface area contributed by atoms with Gasteiger partial charge in [0, 0.05) is 0 Å². The fourth-order valence-electron chi connectivity index (χ4n) is 8.73. The van der Waals surface area contributed by atoms with Gasteiger partial charge < -0.3 is 18.9 Å². The largest absolute Gasteiger partial charge is 0.437 e. The van der Waals surface area contributed by atoms with Gasteiger partial charge in [0.05, 0.1) is 24.8 Å². The zero-order valence-electron chi connectivity index (χ0n) is 40.0. The van der Waals surface area contributed by atoms with Crippen molar-refractivity contribution < 1.29 is 18.9 Å². The Morgan fingerprint density at radius 2 is 0.432 bits per heavy atom. The first-order valence-corrected chi connectivity index (χ1v) is 24.1. The summed E-state index contributed by atoms with van der Waals surface area (Å²) in [6, 6.07) is 85.6. The molecule has 8 nitrogen and oxygen atoms in total. The minimum Gasteiger partial charge on any atom is -0.437 e. The van der Waals surface area contributed by atoms with Gasteiger partial charge in [-0.15, -0.1) is 0 Å². The van der Waals surface area contributed by atoms with Crippen molar-refractivity contribution in [2.75, 3.05) is 0 Å². The van der Waals surface area contributed by atoms with Gasteiger partial charge in [0.25, 0.3) is 0 Å². The molecular weight excluding hydrogens is 913 g/mol. The molecule has 0 saturated heterocycles. The van der Waals surface area contributed by atoms with Crippen molar-refractivity contribution in [1.82, 2.24) is 19.9 Å². The highest BCUT2D eigenvalue weighted by atomic mass is 16.5. The molecule has 0 radical (unpaired) electrons. The molecule has 7 aliphatic rings. The molecule has 9 aromatic carbocycles. The average Bonchev–Trinajstić information content (AvgIpc) is 3.47. The lowest BCUT2D eigenvalue weighted by Crippen LogP contribution is -1.99. The lowest BCUT2D eigenvalue weighted by Gasteiger charge is -2.19. The maximum atomic E-state index is 6.31. The number of benzene rings is 9. The van der Waals surface area contributed by atoms with Gasteiger partial charge in [-0.1, -0.05) is 206 Å². The van der Waals surface area contributed by atoms with Crippen LogP contribution in [0.3, 0.4) is 0 Å². The third kappa shape index (κ3) is 11.1. The van der Waals surface area contributed by atoms with Crippen LogP contribution in [0.2, 0.25) is 0 Å². The van der Waals surface area contributed by atoms with Gasteiger partial charge in [-0.05, 0) is 115 Å². The predicted octanol–water partition coefficient (Wildman–Crippen LogP) is 16.5. The molecule has 0 amide bonds. The van der Waals surface area contributed by atoms with E-state index in [4.69, 9.17) is 18.9 Å². The van der Waals surface area contributed by atoms with Crippen molar-refractivity contribution in [3.05, 3.63) is 324 Å². The maximum Gasteiger partial charge on any atom is 0.241 e. The van der Waals surface area contributed by atoms with Crippen LogP contribution in [-0.2, 0) is 0 Å². The molecule has 74 heavy (non-hydrogen) atoms. The number of hydrogen-bond donors (Lipinski definition) is 0. The van der Waals surface area contributed by atoms with Gasteiger partial charge in [0.1, 0.15) is 23.0 Å². The Labute approximate surface area is 429 Å². The van der Waals surface area contributed by atoms with Crippen molar-refractivity contribution in [1.29, 1.82) is 0 Å². The highest BCUT2D eigenvalue weighted by Gasteiger charge is 2.20. The van der Waals surface area contributed by atoms with Crippen LogP contribution < -0.4 is 18.9 Å². The molecule has 0 aliphatic carbocycles. The summed E-state index contributed by atoms with van der Waals surface area (Å²) >= 11 is 0. The number of ether oxygens (including phenoxy) is 4. The Bertz CT molecular complexity index is 3180. The quantitative estimate of drug-likeness (QED) is 0.172. The summed E-state index contributed by atoms with van der Waals surface area (Å²) in [5.74, 6) is 3.55. The molecular formula is C66H46N4O4. The second-order valence-corrected chi connectivity index (χ2v) is 17.0. The van der Waals surface area contributed by atoms with E-state index >= 15 is 0 Å². The van der Waals surface area contributed by atoms with Gasteiger partial charge in [0.2, 0.25) is 23.5 Å². The standard InChI is InChI=1S/C60H40N4O4.C6H6/c1-5-13-41(14-6-1)57(42-15-7-2-8-16-42)59-45-21-29-49(30-22-45)65-53-37-61-39-55(63-53)67-51-33-25-47(26-34-51)60(58(43-17-9-3-10-18-43)44-19-11-4-12-20-44)48-27-35-52(36-28-48)68-56-40-62-38-54(64-56)66-50-31-23-46(59)24-32-50;1-2-4-6-5-3-1/h1-40H;1-6H. The summed E-state index contributed by atoms with van der Waals surface area (Å²) in [5, 5.41) is 0. The second-order valence-electron chi connectivity index (χ2n) is 17.0. The molecule has 0 spiro atoms. The van der Waals surface area contributed by atoms with Crippen LogP contribution in [0.4, 0.5) is 0 Å². The second kappa shape index (κ2) is 22.3. The lowest BCUT2D eigenvalue weighted by atomic mass is 9.86. The van der Waals surface area contributed by atoms with E-state index < -0.39 is 0 Å². The molecule has 12 bridgehead atoms. The van der Waals surface area contributed by atoms with Crippen LogP contribution >= 0.6 is 0 Å². The van der Waals surface area contributed by atoms with E-state index in [0.29, 0.717) is 46.5 Å². The zero-order chi connectivity index (χ0) is 49.7. The third-order valence-electron chi connectivity index (χ3n) is 12.1. The van der Waals surface area contributed by atoms with Crippen molar-refractivity contribution >= 4 is 22.3 Å². The van der Waals surface area contributed by atoms with Gasteiger partial charge >= 0.3 is 0 Å². The van der Waals surface area contributed by atoms with Gasteiger partial charge in [0.15, 0.2) is 0 Å². The Morgan fingerprint density at radius 3 is 0.649 bits per heavy atom.